The second-order valence-corrected chi connectivity index (χ2v) is 6.42. The number of amides is 1. The van der Waals surface area contributed by atoms with E-state index in [1.165, 1.54) is 31.4 Å². The van der Waals surface area contributed by atoms with Gasteiger partial charge in [-0.25, -0.2) is 0 Å². The van der Waals surface area contributed by atoms with Crippen molar-refractivity contribution in [2.75, 3.05) is 7.11 Å². The molecule has 0 aromatic heterocycles. The number of benzene rings is 3. The SMILES string of the molecule is COc1cc(CN)ccc1O.O=C(NCc1ccc(O)c(O)c1)c1ccc(O)cc1O. The first-order valence-electron chi connectivity index (χ1n) is 9.12. The van der Waals surface area contributed by atoms with Crippen LogP contribution in [0.15, 0.2) is 54.6 Å². The Hall–Kier alpha value is -4.11. The summed E-state index contributed by atoms with van der Waals surface area (Å²) < 4.78 is 4.88. The van der Waals surface area contributed by atoms with Gasteiger partial charge in [0, 0.05) is 19.2 Å². The number of aromatic hydroxyl groups is 5. The molecule has 0 spiro atoms. The van der Waals surface area contributed by atoms with Crippen LogP contribution in [0.1, 0.15) is 21.5 Å². The normalized spacial score (nSPS) is 10.0. The summed E-state index contributed by atoms with van der Waals surface area (Å²) in [5.74, 6) is -0.883. The van der Waals surface area contributed by atoms with Crippen molar-refractivity contribution in [3.8, 4) is 34.5 Å². The topological polar surface area (TPSA) is 166 Å². The van der Waals surface area contributed by atoms with Gasteiger partial charge >= 0.3 is 0 Å². The van der Waals surface area contributed by atoms with E-state index < -0.39 is 5.91 Å². The molecule has 9 nitrogen and oxygen atoms in total. The predicted octanol–water partition coefficient (Wildman–Crippen LogP) is 2.30. The van der Waals surface area contributed by atoms with Gasteiger partial charge in [0.05, 0.1) is 12.7 Å². The van der Waals surface area contributed by atoms with E-state index >= 15 is 0 Å². The van der Waals surface area contributed by atoms with Crippen LogP contribution in [-0.2, 0) is 13.1 Å². The first-order chi connectivity index (χ1) is 14.7. The number of carbonyl (C=O) groups is 1. The van der Waals surface area contributed by atoms with Gasteiger partial charge in [0.1, 0.15) is 11.5 Å². The molecule has 3 aromatic carbocycles. The van der Waals surface area contributed by atoms with Gasteiger partial charge in [0.2, 0.25) is 0 Å². The first-order valence-corrected chi connectivity index (χ1v) is 9.12. The maximum atomic E-state index is 11.8. The highest BCUT2D eigenvalue weighted by molar-refractivity contribution is 5.96. The van der Waals surface area contributed by atoms with Crippen molar-refractivity contribution < 1.29 is 35.1 Å². The van der Waals surface area contributed by atoms with Gasteiger partial charge < -0.3 is 41.3 Å². The molecule has 31 heavy (non-hydrogen) atoms. The summed E-state index contributed by atoms with van der Waals surface area (Å²) in [6.45, 7) is 0.573. The van der Waals surface area contributed by atoms with Crippen molar-refractivity contribution in [3.05, 3.63) is 71.3 Å². The van der Waals surface area contributed by atoms with Crippen LogP contribution < -0.4 is 15.8 Å². The Morgan fingerprint density at radius 3 is 2.13 bits per heavy atom. The zero-order chi connectivity index (χ0) is 23.0. The molecule has 164 valence electrons. The van der Waals surface area contributed by atoms with Gasteiger partial charge in [-0.3, -0.25) is 4.79 Å². The molecule has 0 unspecified atom stereocenters. The average Bonchev–Trinajstić information content (AvgIpc) is 2.75. The smallest absolute Gasteiger partial charge is 0.255 e. The zero-order valence-corrected chi connectivity index (χ0v) is 16.7. The highest BCUT2D eigenvalue weighted by Crippen LogP contribution is 2.26. The van der Waals surface area contributed by atoms with Crippen LogP contribution in [-0.4, -0.2) is 38.5 Å². The quantitative estimate of drug-likeness (QED) is 0.304. The molecule has 8 N–H and O–H groups in total. The minimum atomic E-state index is -0.518. The number of phenolic OH excluding ortho intramolecular Hbond substituents is 5. The predicted molar refractivity (Wildman–Crippen MR) is 113 cm³/mol. The molecular formula is C22H24N2O7. The number of nitrogens with two attached hydrogens (primary N) is 1. The summed E-state index contributed by atoms with van der Waals surface area (Å²) in [5.41, 5.74) is 6.95. The summed E-state index contributed by atoms with van der Waals surface area (Å²) in [6, 6.07) is 12.9. The fraction of sp³-hybridized carbons (Fsp3) is 0.136. The molecule has 0 atom stereocenters. The molecule has 0 aliphatic heterocycles. The van der Waals surface area contributed by atoms with E-state index in [1.807, 2.05) is 0 Å². The molecular weight excluding hydrogens is 404 g/mol. The molecule has 0 bridgehead atoms. The van der Waals surface area contributed by atoms with E-state index in [4.69, 9.17) is 25.8 Å². The molecule has 3 rings (SSSR count). The van der Waals surface area contributed by atoms with E-state index in [-0.39, 0.29) is 40.9 Å². The molecule has 1 amide bonds. The third-order valence-electron chi connectivity index (χ3n) is 4.20. The summed E-state index contributed by atoms with van der Waals surface area (Å²) in [4.78, 5) is 11.8. The molecule has 0 fully saturated rings. The van der Waals surface area contributed by atoms with Crippen LogP contribution >= 0.6 is 0 Å². The third-order valence-corrected chi connectivity index (χ3v) is 4.20. The van der Waals surface area contributed by atoms with Crippen LogP contribution in [0.4, 0.5) is 0 Å². The lowest BCUT2D eigenvalue weighted by atomic mass is 10.1. The first kappa shape index (κ1) is 23.2. The summed E-state index contributed by atoms with van der Waals surface area (Å²) in [5, 5.41) is 48.9. The number of phenols is 5. The van der Waals surface area contributed by atoms with Crippen LogP contribution in [0, 0.1) is 0 Å². The molecule has 0 saturated carbocycles. The summed E-state index contributed by atoms with van der Waals surface area (Å²) in [7, 11) is 1.51. The highest BCUT2D eigenvalue weighted by Gasteiger charge is 2.11. The van der Waals surface area contributed by atoms with E-state index in [0.717, 1.165) is 11.6 Å². The van der Waals surface area contributed by atoms with E-state index in [0.29, 0.717) is 17.9 Å². The Bertz CT molecular complexity index is 1050. The summed E-state index contributed by atoms with van der Waals surface area (Å²) in [6.07, 6.45) is 0. The third kappa shape index (κ3) is 6.44. The number of carbonyl (C=O) groups excluding carboxylic acids is 1. The van der Waals surface area contributed by atoms with Crippen molar-refractivity contribution in [2.45, 2.75) is 13.1 Å². The van der Waals surface area contributed by atoms with Crippen molar-refractivity contribution in [2.24, 2.45) is 5.73 Å². The van der Waals surface area contributed by atoms with Crippen LogP contribution in [0.3, 0.4) is 0 Å². The molecule has 3 aromatic rings. The van der Waals surface area contributed by atoms with Gasteiger partial charge in [-0.15, -0.1) is 0 Å². The van der Waals surface area contributed by atoms with Crippen molar-refractivity contribution in [3.63, 3.8) is 0 Å². The Morgan fingerprint density at radius 1 is 0.839 bits per heavy atom. The summed E-state index contributed by atoms with van der Waals surface area (Å²) >= 11 is 0. The molecule has 0 aliphatic rings. The molecule has 0 saturated heterocycles. The van der Waals surface area contributed by atoms with Gasteiger partial charge in [-0.1, -0.05) is 12.1 Å². The molecule has 0 heterocycles. The lowest BCUT2D eigenvalue weighted by Gasteiger charge is -2.08. The maximum absolute atomic E-state index is 11.8. The molecule has 0 radical (unpaired) electrons. The Balaban J connectivity index is 0.000000262. The lowest BCUT2D eigenvalue weighted by Crippen LogP contribution is -2.22. The van der Waals surface area contributed by atoms with E-state index in [9.17, 15) is 15.0 Å². The van der Waals surface area contributed by atoms with Crippen molar-refractivity contribution in [1.82, 2.24) is 5.32 Å². The standard InChI is InChI=1S/C14H13NO5.C8H11NO2/c16-9-2-3-10(12(18)6-9)14(20)15-7-8-1-4-11(17)13(19)5-8;1-11-8-4-6(5-9)2-3-7(8)10/h1-6,16-19H,7H2,(H,15,20);2-4,10H,5,9H2,1H3. The minimum absolute atomic E-state index is 0.0331. The lowest BCUT2D eigenvalue weighted by molar-refractivity contribution is 0.0948. The molecule has 0 aliphatic carbocycles. The largest absolute Gasteiger partial charge is 0.508 e. The number of ether oxygens (including phenoxy) is 1. The van der Waals surface area contributed by atoms with Gasteiger partial charge in [-0.2, -0.15) is 0 Å². The average molecular weight is 428 g/mol. The Kier molecular flexibility index (Phi) is 7.93. The van der Waals surface area contributed by atoms with Crippen molar-refractivity contribution in [1.29, 1.82) is 0 Å². The highest BCUT2D eigenvalue weighted by atomic mass is 16.5. The fourth-order valence-electron chi connectivity index (χ4n) is 2.52. The van der Waals surface area contributed by atoms with E-state index in [1.54, 1.807) is 24.3 Å². The number of hydrogen-bond donors (Lipinski definition) is 7. The van der Waals surface area contributed by atoms with Crippen molar-refractivity contribution >= 4 is 5.91 Å². The molecule has 9 heteroatoms. The fourth-order valence-corrected chi connectivity index (χ4v) is 2.52. The number of rotatable bonds is 5. The van der Waals surface area contributed by atoms with Crippen LogP contribution in [0.25, 0.3) is 0 Å². The van der Waals surface area contributed by atoms with Gasteiger partial charge in [0.25, 0.3) is 5.91 Å². The minimum Gasteiger partial charge on any atom is -0.508 e. The second-order valence-electron chi connectivity index (χ2n) is 6.42. The number of hydrogen-bond acceptors (Lipinski definition) is 8. The Labute approximate surface area is 178 Å². The zero-order valence-electron chi connectivity index (χ0n) is 16.7. The van der Waals surface area contributed by atoms with Gasteiger partial charge in [0.15, 0.2) is 23.0 Å². The Morgan fingerprint density at radius 2 is 1.52 bits per heavy atom. The van der Waals surface area contributed by atoms with Gasteiger partial charge in [-0.05, 0) is 47.5 Å². The van der Waals surface area contributed by atoms with Crippen LogP contribution in [0.5, 0.6) is 34.5 Å². The number of nitrogens with one attached hydrogen (secondary N) is 1. The monoisotopic (exact) mass is 428 g/mol. The second kappa shape index (κ2) is 10.6. The van der Waals surface area contributed by atoms with E-state index in [2.05, 4.69) is 5.32 Å². The maximum Gasteiger partial charge on any atom is 0.255 e. The van der Waals surface area contributed by atoms with Crippen LogP contribution in [0.2, 0.25) is 0 Å². The number of methoxy groups -OCH3 is 1.